The number of thioether (sulfide) groups is 1. The highest BCUT2D eigenvalue weighted by atomic mass is 32.2. The molecular formula is C16H15N3OS3. The number of aromatic nitrogens is 2. The smallest absolute Gasteiger partial charge is 0.210 e. The second-order valence-electron chi connectivity index (χ2n) is 4.99. The van der Waals surface area contributed by atoms with Gasteiger partial charge in [0.25, 0.3) is 0 Å². The van der Waals surface area contributed by atoms with Gasteiger partial charge in [0.15, 0.2) is 10.1 Å². The quantitative estimate of drug-likeness (QED) is 0.498. The van der Waals surface area contributed by atoms with E-state index >= 15 is 0 Å². The van der Waals surface area contributed by atoms with E-state index in [1.54, 1.807) is 0 Å². The van der Waals surface area contributed by atoms with E-state index in [9.17, 15) is 4.79 Å². The molecule has 0 unspecified atom stereocenters. The Kier molecular flexibility index (Phi) is 5.09. The Morgan fingerprint density at radius 3 is 2.78 bits per heavy atom. The molecule has 0 aliphatic heterocycles. The minimum absolute atomic E-state index is 0.136. The van der Waals surface area contributed by atoms with Gasteiger partial charge in [-0.25, -0.2) is 0 Å². The van der Waals surface area contributed by atoms with Gasteiger partial charge in [-0.3, -0.25) is 4.79 Å². The van der Waals surface area contributed by atoms with Crippen molar-refractivity contribution in [2.24, 2.45) is 0 Å². The highest BCUT2D eigenvalue weighted by molar-refractivity contribution is 8.01. The average Bonchev–Trinajstić information content (AvgIpc) is 3.14. The Labute approximate surface area is 147 Å². The molecule has 0 atom stereocenters. The van der Waals surface area contributed by atoms with Gasteiger partial charge in [0.05, 0.1) is 10.6 Å². The molecule has 2 heterocycles. The lowest BCUT2D eigenvalue weighted by Crippen LogP contribution is -1.98. The number of rotatable bonds is 6. The molecule has 3 aromatic rings. The van der Waals surface area contributed by atoms with Crippen molar-refractivity contribution < 1.29 is 4.79 Å². The second kappa shape index (κ2) is 7.25. The molecular weight excluding hydrogens is 346 g/mol. The molecule has 0 bridgehead atoms. The first-order chi connectivity index (χ1) is 11.1. The van der Waals surface area contributed by atoms with Crippen molar-refractivity contribution in [3.63, 3.8) is 0 Å². The molecule has 1 aromatic carbocycles. The first-order valence-corrected chi connectivity index (χ1v) is 9.61. The van der Waals surface area contributed by atoms with Crippen LogP contribution in [0.2, 0.25) is 0 Å². The van der Waals surface area contributed by atoms with Gasteiger partial charge >= 0.3 is 0 Å². The normalized spacial score (nSPS) is 10.7. The molecule has 0 fully saturated rings. The summed E-state index contributed by atoms with van der Waals surface area (Å²) in [5.74, 6) is 0.524. The zero-order valence-electron chi connectivity index (χ0n) is 12.7. The zero-order chi connectivity index (χ0) is 16.2. The van der Waals surface area contributed by atoms with Crippen LogP contribution in [0.5, 0.6) is 0 Å². The van der Waals surface area contributed by atoms with E-state index in [0.29, 0.717) is 5.75 Å². The summed E-state index contributed by atoms with van der Waals surface area (Å²) < 4.78 is 0.793. The number of anilines is 2. The lowest BCUT2D eigenvalue weighted by atomic mass is 10.2. The number of ketones is 1. The molecule has 0 spiro atoms. The maximum Gasteiger partial charge on any atom is 0.210 e. The fraction of sp³-hybridized carbons (Fsp3) is 0.188. The van der Waals surface area contributed by atoms with E-state index in [0.717, 1.165) is 24.9 Å². The van der Waals surface area contributed by atoms with Crippen LogP contribution in [0, 0.1) is 13.8 Å². The Balaban J connectivity index is 1.58. The van der Waals surface area contributed by atoms with E-state index in [-0.39, 0.29) is 5.78 Å². The molecule has 7 heteroatoms. The molecule has 2 aromatic heterocycles. The molecule has 0 aliphatic carbocycles. The van der Waals surface area contributed by atoms with Gasteiger partial charge in [0.1, 0.15) is 0 Å². The fourth-order valence-electron chi connectivity index (χ4n) is 1.95. The van der Waals surface area contributed by atoms with Crippen molar-refractivity contribution >= 4 is 51.0 Å². The van der Waals surface area contributed by atoms with Gasteiger partial charge < -0.3 is 5.32 Å². The summed E-state index contributed by atoms with van der Waals surface area (Å²) in [6.07, 6.45) is 0. The number of nitrogens with one attached hydrogen (secondary N) is 1. The monoisotopic (exact) mass is 361 g/mol. The maximum atomic E-state index is 12.1. The number of benzene rings is 1. The molecule has 0 amide bonds. The number of nitrogens with zero attached hydrogens (tertiary/aromatic N) is 2. The summed E-state index contributed by atoms with van der Waals surface area (Å²) in [7, 11) is 0. The molecule has 3 rings (SSSR count). The Hall–Kier alpha value is -1.70. The van der Waals surface area contributed by atoms with E-state index in [2.05, 4.69) is 21.6 Å². The van der Waals surface area contributed by atoms with Gasteiger partial charge in [-0.15, -0.1) is 21.5 Å². The molecule has 118 valence electrons. The largest absolute Gasteiger partial charge is 0.330 e. The molecule has 0 saturated carbocycles. The van der Waals surface area contributed by atoms with Crippen molar-refractivity contribution in [2.45, 2.75) is 18.2 Å². The first-order valence-electron chi connectivity index (χ1n) is 7.00. The number of hydrogen-bond acceptors (Lipinski definition) is 7. The topological polar surface area (TPSA) is 54.9 Å². The third-order valence-electron chi connectivity index (χ3n) is 3.02. The van der Waals surface area contributed by atoms with Crippen LogP contribution in [0.3, 0.4) is 0 Å². The molecule has 23 heavy (non-hydrogen) atoms. The van der Waals surface area contributed by atoms with Crippen LogP contribution in [-0.4, -0.2) is 21.7 Å². The lowest BCUT2D eigenvalue weighted by molar-refractivity contribution is 0.102. The molecule has 1 N–H and O–H groups in total. The average molecular weight is 362 g/mol. The summed E-state index contributed by atoms with van der Waals surface area (Å²) in [4.78, 5) is 14.1. The Morgan fingerprint density at radius 1 is 1.17 bits per heavy atom. The van der Waals surface area contributed by atoms with Gasteiger partial charge in [-0.2, -0.15) is 0 Å². The van der Waals surface area contributed by atoms with Crippen LogP contribution < -0.4 is 5.32 Å². The standard InChI is InChI=1S/C16H15N3OS3/c1-10-4-3-5-12(8-10)17-15-18-19-16(23-15)21-9-13(20)14-7-6-11(2)22-14/h3-8H,9H2,1-2H3,(H,17,18). The van der Waals surface area contributed by atoms with Crippen molar-refractivity contribution in [2.75, 3.05) is 11.1 Å². The van der Waals surface area contributed by atoms with Crippen LogP contribution in [0.25, 0.3) is 0 Å². The Bertz CT molecular complexity index is 825. The zero-order valence-corrected chi connectivity index (χ0v) is 15.1. The number of aryl methyl sites for hydroxylation is 2. The summed E-state index contributed by atoms with van der Waals surface area (Å²) in [5.41, 5.74) is 2.17. The van der Waals surface area contributed by atoms with E-state index < -0.39 is 0 Å². The summed E-state index contributed by atoms with van der Waals surface area (Å²) >= 11 is 4.42. The van der Waals surface area contributed by atoms with Crippen molar-refractivity contribution in [3.05, 3.63) is 51.7 Å². The predicted molar refractivity (Wildman–Crippen MR) is 98.5 cm³/mol. The van der Waals surface area contributed by atoms with Crippen LogP contribution in [0.15, 0.2) is 40.7 Å². The van der Waals surface area contributed by atoms with Crippen molar-refractivity contribution in [1.82, 2.24) is 10.2 Å². The van der Waals surface area contributed by atoms with Gasteiger partial charge in [0.2, 0.25) is 5.13 Å². The van der Waals surface area contributed by atoms with Crippen molar-refractivity contribution in [1.29, 1.82) is 0 Å². The van der Waals surface area contributed by atoms with Gasteiger partial charge in [-0.05, 0) is 43.7 Å². The Morgan fingerprint density at radius 2 is 2.04 bits per heavy atom. The molecule has 0 saturated heterocycles. The minimum atomic E-state index is 0.136. The summed E-state index contributed by atoms with van der Waals surface area (Å²) in [6.45, 7) is 4.05. The van der Waals surface area contributed by atoms with Crippen LogP contribution in [0.4, 0.5) is 10.8 Å². The van der Waals surface area contributed by atoms with Crippen molar-refractivity contribution in [3.8, 4) is 0 Å². The predicted octanol–water partition coefficient (Wildman–Crippen LogP) is 4.94. The third-order valence-corrected chi connectivity index (χ3v) is 6.03. The number of hydrogen-bond donors (Lipinski definition) is 1. The van der Waals surface area contributed by atoms with E-state index in [1.165, 1.54) is 40.0 Å². The van der Waals surface area contributed by atoms with Gasteiger partial charge in [0, 0.05) is 10.6 Å². The van der Waals surface area contributed by atoms with E-state index in [4.69, 9.17) is 0 Å². The highest BCUT2D eigenvalue weighted by Crippen LogP contribution is 2.29. The first kappa shape index (κ1) is 16.2. The molecule has 0 radical (unpaired) electrons. The van der Waals surface area contributed by atoms with Gasteiger partial charge in [-0.1, -0.05) is 35.2 Å². The molecule has 0 aliphatic rings. The third kappa shape index (κ3) is 4.40. The van der Waals surface area contributed by atoms with E-state index in [1.807, 2.05) is 44.2 Å². The number of carbonyl (C=O) groups excluding carboxylic acids is 1. The minimum Gasteiger partial charge on any atom is -0.330 e. The molecule has 4 nitrogen and oxygen atoms in total. The fourth-order valence-corrected chi connectivity index (χ4v) is 4.50. The van der Waals surface area contributed by atoms with Crippen LogP contribution in [0.1, 0.15) is 20.1 Å². The second-order valence-corrected chi connectivity index (χ2v) is 8.48. The summed E-state index contributed by atoms with van der Waals surface area (Å²) in [6, 6.07) is 11.9. The summed E-state index contributed by atoms with van der Waals surface area (Å²) in [5, 5.41) is 12.2. The number of Topliss-reactive ketones (excluding diaryl/α,β-unsaturated/α-hetero) is 1. The van der Waals surface area contributed by atoms with Crippen LogP contribution in [-0.2, 0) is 0 Å². The maximum absolute atomic E-state index is 12.1. The highest BCUT2D eigenvalue weighted by Gasteiger charge is 2.11. The SMILES string of the molecule is Cc1cccc(Nc2nnc(SCC(=O)c3ccc(C)s3)s2)c1. The number of thiophene rings is 1. The lowest BCUT2D eigenvalue weighted by Gasteiger charge is -2.01. The van der Waals surface area contributed by atoms with Crippen LogP contribution >= 0.6 is 34.4 Å². The number of carbonyl (C=O) groups is 1.